The van der Waals surface area contributed by atoms with Crippen LogP contribution in [0.5, 0.6) is 0 Å². The molecule has 1 N–H and O–H groups in total. The Morgan fingerprint density at radius 3 is 3.25 bits per heavy atom. The zero-order valence-electron chi connectivity index (χ0n) is 12.3. The zero-order valence-corrected chi connectivity index (χ0v) is 12.3. The second-order valence-corrected chi connectivity index (χ2v) is 5.57. The average molecular weight is 272 g/mol. The van der Waals surface area contributed by atoms with Gasteiger partial charge >= 0.3 is 0 Å². The van der Waals surface area contributed by atoms with Gasteiger partial charge in [0, 0.05) is 24.8 Å². The lowest BCUT2D eigenvalue weighted by atomic mass is 9.97. The topological polar surface area (TPSA) is 52.0 Å². The third-order valence-corrected chi connectivity index (χ3v) is 3.85. The van der Waals surface area contributed by atoms with Crippen molar-refractivity contribution in [2.24, 2.45) is 5.92 Å². The lowest BCUT2D eigenvalue weighted by Gasteiger charge is -2.33. The second-order valence-electron chi connectivity index (χ2n) is 5.57. The van der Waals surface area contributed by atoms with Crippen LogP contribution in [-0.2, 0) is 6.54 Å². The molecule has 4 nitrogen and oxygen atoms in total. The number of aromatic nitrogens is 1. The van der Waals surface area contributed by atoms with Crippen molar-refractivity contribution in [3.05, 3.63) is 29.6 Å². The molecule has 1 atom stereocenters. The maximum absolute atomic E-state index is 9.10. The molecular weight excluding hydrogens is 248 g/mol. The number of likely N-dealkylation sites (tertiary alicyclic amines) is 1. The number of pyridine rings is 1. The van der Waals surface area contributed by atoms with Crippen molar-refractivity contribution < 1.29 is 0 Å². The Bertz CT molecular complexity index is 452. The molecule has 1 aromatic rings. The van der Waals surface area contributed by atoms with Gasteiger partial charge in [0.25, 0.3) is 0 Å². The summed E-state index contributed by atoms with van der Waals surface area (Å²) in [4.78, 5) is 6.60. The summed E-state index contributed by atoms with van der Waals surface area (Å²) in [7, 11) is 0. The Hall–Kier alpha value is -1.44. The number of hydrogen-bond acceptors (Lipinski definition) is 4. The Labute approximate surface area is 121 Å². The molecule has 0 aromatic carbocycles. The SMILES string of the molecule is CCCNCC1CCCN(Cc2cccnc2C#N)C1. The van der Waals surface area contributed by atoms with Crippen LogP contribution in [0.2, 0.25) is 0 Å². The third kappa shape index (κ3) is 4.29. The molecule has 0 radical (unpaired) electrons. The predicted octanol–water partition coefficient (Wildman–Crippen LogP) is 2.16. The molecule has 0 bridgehead atoms. The molecule has 1 fully saturated rings. The minimum Gasteiger partial charge on any atom is -0.316 e. The predicted molar refractivity (Wildman–Crippen MR) is 80.1 cm³/mol. The number of hydrogen-bond donors (Lipinski definition) is 1. The fourth-order valence-electron chi connectivity index (χ4n) is 2.85. The van der Waals surface area contributed by atoms with Gasteiger partial charge < -0.3 is 5.32 Å². The number of nitriles is 1. The van der Waals surface area contributed by atoms with Crippen molar-refractivity contribution >= 4 is 0 Å². The maximum Gasteiger partial charge on any atom is 0.144 e. The highest BCUT2D eigenvalue weighted by Gasteiger charge is 2.20. The van der Waals surface area contributed by atoms with Gasteiger partial charge in [0.1, 0.15) is 11.8 Å². The molecule has 0 aliphatic carbocycles. The van der Waals surface area contributed by atoms with E-state index in [9.17, 15) is 0 Å². The quantitative estimate of drug-likeness (QED) is 0.806. The highest BCUT2D eigenvalue weighted by atomic mass is 15.1. The molecule has 2 rings (SSSR count). The van der Waals surface area contributed by atoms with Crippen molar-refractivity contribution in [3.63, 3.8) is 0 Å². The van der Waals surface area contributed by atoms with Gasteiger partial charge in [0.15, 0.2) is 0 Å². The summed E-state index contributed by atoms with van der Waals surface area (Å²) in [6.07, 6.45) is 5.44. The number of rotatable bonds is 6. The van der Waals surface area contributed by atoms with E-state index in [2.05, 4.69) is 28.2 Å². The first kappa shape index (κ1) is 15.0. The van der Waals surface area contributed by atoms with E-state index in [1.54, 1.807) is 6.20 Å². The molecule has 1 saturated heterocycles. The summed E-state index contributed by atoms with van der Waals surface area (Å²) in [5.41, 5.74) is 1.62. The fraction of sp³-hybridized carbons (Fsp3) is 0.625. The third-order valence-electron chi connectivity index (χ3n) is 3.85. The smallest absolute Gasteiger partial charge is 0.144 e. The van der Waals surface area contributed by atoms with Crippen molar-refractivity contribution in [1.82, 2.24) is 15.2 Å². The number of nitrogens with zero attached hydrogens (tertiary/aromatic N) is 3. The summed E-state index contributed by atoms with van der Waals surface area (Å²) in [5, 5.41) is 12.6. The molecule has 1 aliphatic heterocycles. The van der Waals surface area contributed by atoms with Gasteiger partial charge in [-0.2, -0.15) is 5.26 Å². The lowest BCUT2D eigenvalue weighted by molar-refractivity contribution is 0.165. The molecule has 0 amide bonds. The van der Waals surface area contributed by atoms with Crippen molar-refractivity contribution in [2.75, 3.05) is 26.2 Å². The summed E-state index contributed by atoms with van der Waals surface area (Å²) < 4.78 is 0. The van der Waals surface area contributed by atoms with Crippen LogP contribution < -0.4 is 5.32 Å². The van der Waals surface area contributed by atoms with E-state index >= 15 is 0 Å². The van der Waals surface area contributed by atoms with Gasteiger partial charge in [-0.1, -0.05) is 13.0 Å². The first-order valence-electron chi connectivity index (χ1n) is 7.60. The molecular formula is C16H24N4. The van der Waals surface area contributed by atoms with Crippen LogP contribution in [0.1, 0.15) is 37.4 Å². The summed E-state index contributed by atoms with van der Waals surface area (Å²) in [5.74, 6) is 0.734. The molecule has 1 aromatic heterocycles. The minimum absolute atomic E-state index is 0.568. The van der Waals surface area contributed by atoms with Gasteiger partial charge in [-0.3, -0.25) is 4.90 Å². The van der Waals surface area contributed by atoms with Crippen LogP contribution in [0.3, 0.4) is 0 Å². The molecule has 4 heteroatoms. The van der Waals surface area contributed by atoms with E-state index in [0.29, 0.717) is 5.69 Å². The van der Waals surface area contributed by atoms with E-state index < -0.39 is 0 Å². The molecule has 2 heterocycles. The van der Waals surface area contributed by atoms with E-state index in [0.717, 1.165) is 44.2 Å². The molecule has 1 aliphatic rings. The highest BCUT2D eigenvalue weighted by molar-refractivity contribution is 5.30. The summed E-state index contributed by atoms with van der Waals surface area (Å²) in [6, 6.07) is 6.12. The van der Waals surface area contributed by atoms with Crippen LogP contribution in [0.4, 0.5) is 0 Å². The van der Waals surface area contributed by atoms with Crippen molar-refractivity contribution in [2.45, 2.75) is 32.7 Å². The van der Waals surface area contributed by atoms with E-state index in [1.807, 2.05) is 12.1 Å². The first-order chi connectivity index (χ1) is 9.83. The Morgan fingerprint density at radius 1 is 1.55 bits per heavy atom. The standard InChI is InChI=1S/C16H24N4/c1-2-7-18-11-14-5-4-9-20(12-14)13-15-6-3-8-19-16(15)10-17/h3,6,8,14,18H,2,4-5,7,9,11-13H2,1H3. The minimum atomic E-state index is 0.568. The van der Waals surface area contributed by atoms with Crippen LogP contribution in [0.15, 0.2) is 18.3 Å². The van der Waals surface area contributed by atoms with Crippen molar-refractivity contribution in [3.8, 4) is 6.07 Å². The Kier molecular flexibility index (Phi) is 5.97. The van der Waals surface area contributed by atoms with Crippen LogP contribution in [0, 0.1) is 17.2 Å². The normalized spacial score (nSPS) is 19.7. The van der Waals surface area contributed by atoms with Crippen LogP contribution in [0.25, 0.3) is 0 Å². The van der Waals surface area contributed by atoms with Crippen LogP contribution >= 0.6 is 0 Å². The summed E-state index contributed by atoms with van der Waals surface area (Å²) in [6.45, 7) is 7.52. The lowest BCUT2D eigenvalue weighted by Crippen LogP contribution is -2.39. The van der Waals surface area contributed by atoms with Crippen LogP contribution in [-0.4, -0.2) is 36.1 Å². The second kappa shape index (κ2) is 7.98. The number of nitrogens with one attached hydrogen (secondary N) is 1. The van der Waals surface area contributed by atoms with E-state index in [4.69, 9.17) is 5.26 Å². The fourth-order valence-corrected chi connectivity index (χ4v) is 2.85. The van der Waals surface area contributed by atoms with Gasteiger partial charge in [0.05, 0.1) is 0 Å². The molecule has 1 unspecified atom stereocenters. The van der Waals surface area contributed by atoms with Gasteiger partial charge in [-0.25, -0.2) is 4.98 Å². The average Bonchev–Trinajstić information content (AvgIpc) is 2.48. The maximum atomic E-state index is 9.10. The Balaban J connectivity index is 1.88. The molecule has 20 heavy (non-hydrogen) atoms. The largest absolute Gasteiger partial charge is 0.316 e. The highest BCUT2D eigenvalue weighted by Crippen LogP contribution is 2.18. The number of piperidine rings is 1. The van der Waals surface area contributed by atoms with Gasteiger partial charge in [0.2, 0.25) is 0 Å². The molecule has 0 saturated carbocycles. The van der Waals surface area contributed by atoms with Gasteiger partial charge in [-0.05, 0) is 50.9 Å². The zero-order chi connectivity index (χ0) is 14.2. The van der Waals surface area contributed by atoms with Crippen molar-refractivity contribution in [1.29, 1.82) is 5.26 Å². The van der Waals surface area contributed by atoms with Gasteiger partial charge in [-0.15, -0.1) is 0 Å². The molecule has 108 valence electrons. The van der Waals surface area contributed by atoms with E-state index in [1.165, 1.54) is 19.3 Å². The first-order valence-corrected chi connectivity index (χ1v) is 7.60. The Morgan fingerprint density at radius 2 is 2.45 bits per heavy atom. The molecule has 0 spiro atoms. The van der Waals surface area contributed by atoms with E-state index in [-0.39, 0.29) is 0 Å². The summed E-state index contributed by atoms with van der Waals surface area (Å²) >= 11 is 0. The monoisotopic (exact) mass is 272 g/mol.